The van der Waals surface area contributed by atoms with Gasteiger partial charge in [-0.3, -0.25) is 4.79 Å². The third-order valence-electron chi connectivity index (χ3n) is 4.53. The third kappa shape index (κ3) is 5.13. The second-order valence-corrected chi connectivity index (χ2v) is 10.0. The summed E-state index contributed by atoms with van der Waals surface area (Å²) in [6.07, 6.45) is 0. The number of likely N-dealkylation sites (N-methyl/N-ethyl adjacent to an activating group) is 1. The normalized spacial score (nSPS) is 12.7. The van der Waals surface area contributed by atoms with E-state index < -0.39 is 15.7 Å². The van der Waals surface area contributed by atoms with E-state index in [1.165, 1.54) is 24.3 Å². The zero-order chi connectivity index (χ0) is 21.9. The van der Waals surface area contributed by atoms with Gasteiger partial charge in [-0.05, 0) is 68.2 Å². The maximum atomic E-state index is 12.7. The van der Waals surface area contributed by atoms with E-state index in [1.54, 1.807) is 24.3 Å². The van der Waals surface area contributed by atoms with E-state index in [9.17, 15) is 13.2 Å². The topological polar surface area (TPSA) is 79.6 Å². The average molecular weight is 512 g/mol. The van der Waals surface area contributed by atoms with Gasteiger partial charge in [0.05, 0.1) is 10.9 Å². The molecule has 158 valence electrons. The Balaban J connectivity index is 1.73. The maximum Gasteiger partial charge on any atom is 0.287 e. The van der Waals surface area contributed by atoms with Crippen LogP contribution in [0.1, 0.15) is 22.2 Å². The maximum absolute atomic E-state index is 12.7. The molecule has 1 amide bonds. The molecule has 9 heteroatoms. The van der Waals surface area contributed by atoms with Crippen molar-refractivity contribution in [2.45, 2.75) is 16.0 Å². The predicted molar refractivity (Wildman–Crippen MR) is 119 cm³/mol. The fourth-order valence-electron chi connectivity index (χ4n) is 2.88. The number of sulfone groups is 1. The summed E-state index contributed by atoms with van der Waals surface area (Å²) in [5, 5.41) is 3.15. The largest absolute Gasteiger partial charge is 0.439 e. The van der Waals surface area contributed by atoms with E-state index in [-0.39, 0.29) is 21.8 Å². The molecule has 1 aromatic heterocycles. The molecular weight excluding hydrogens is 492 g/mol. The highest BCUT2D eigenvalue weighted by molar-refractivity contribution is 9.10. The molecule has 0 bridgehead atoms. The number of benzene rings is 2. The van der Waals surface area contributed by atoms with Gasteiger partial charge in [-0.1, -0.05) is 39.7 Å². The molecule has 3 aromatic rings. The number of furan rings is 1. The monoisotopic (exact) mass is 510 g/mol. The van der Waals surface area contributed by atoms with Gasteiger partial charge < -0.3 is 14.6 Å². The fourth-order valence-corrected chi connectivity index (χ4v) is 4.44. The van der Waals surface area contributed by atoms with Crippen LogP contribution in [-0.2, 0) is 9.84 Å². The number of nitrogens with zero attached hydrogens (tertiary/aromatic N) is 1. The molecule has 1 atom stereocenters. The Labute approximate surface area is 188 Å². The van der Waals surface area contributed by atoms with Crippen molar-refractivity contribution in [1.82, 2.24) is 10.2 Å². The van der Waals surface area contributed by atoms with Crippen LogP contribution < -0.4 is 5.32 Å². The molecule has 0 aliphatic rings. The number of carbonyl (C=O) groups is 1. The lowest BCUT2D eigenvalue weighted by molar-refractivity contribution is 0.0909. The smallest absolute Gasteiger partial charge is 0.287 e. The fraction of sp³-hybridized carbons (Fsp3) is 0.190. The Morgan fingerprint density at radius 3 is 2.30 bits per heavy atom. The summed E-state index contributed by atoms with van der Waals surface area (Å²) in [6.45, 7) is 0.308. The highest BCUT2D eigenvalue weighted by Crippen LogP contribution is 2.25. The van der Waals surface area contributed by atoms with Crippen LogP contribution in [0.25, 0.3) is 0 Å². The van der Waals surface area contributed by atoms with Gasteiger partial charge in [0, 0.05) is 16.0 Å². The highest BCUT2D eigenvalue weighted by atomic mass is 79.9. The van der Waals surface area contributed by atoms with E-state index in [4.69, 9.17) is 16.0 Å². The van der Waals surface area contributed by atoms with Crippen molar-refractivity contribution >= 4 is 43.3 Å². The second kappa shape index (κ2) is 9.34. The van der Waals surface area contributed by atoms with Gasteiger partial charge in [0.15, 0.2) is 5.76 Å². The van der Waals surface area contributed by atoms with Crippen LogP contribution in [0.2, 0.25) is 5.02 Å². The van der Waals surface area contributed by atoms with Crippen LogP contribution in [-0.4, -0.2) is 39.9 Å². The van der Waals surface area contributed by atoms with Crippen LogP contribution in [0.5, 0.6) is 0 Å². The molecule has 0 fully saturated rings. The van der Waals surface area contributed by atoms with Crippen LogP contribution in [0, 0.1) is 0 Å². The minimum atomic E-state index is -3.85. The van der Waals surface area contributed by atoms with E-state index in [1.807, 2.05) is 31.1 Å². The van der Waals surface area contributed by atoms with E-state index in [0.717, 1.165) is 10.0 Å². The van der Waals surface area contributed by atoms with Gasteiger partial charge >= 0.3 is 0 Å². The zero-order valence-corrected chi connectivity index (χ0v) is 19.5. The molecule has 3 rings (SSSR count). The number of rotatable bonds is 7. The number of halogens is 2. The quantitative estimate of drug-likeness (QED) is 0.503. The zero-order valence-electron chi connectivity index (χ0n) is 16.3. The summed E-state index contributed by atoms with van der Waals surface area (Å²) in [4.78, 5) is 14.6. The van der Waals surface area contributed by atoms with Gasteiger partial charge in [0.25, 0.3) is 5.91 Å². The van der Waals surface area contributed by atoms with Crippen LogP contribution in [0.4, 0.5) is 0 Å². The van der Waals surface area contributed by atoms with E-state index in [0.29, 0.717) is 11.6 Å². The SMILES string of the molecule is CN(C)C(CNC(=O)c1ccc(S(=O)(=O)c2ccc(Br)cc2)o1)c1ccc(Cl)cc1. The first-order valence-electron chi connectivity index (χ1n) is 8.99. The summed E-state index contributed by atoms with van der Waals surface area (Å²) in [6, 6.07) is 16.1. The number of amides is 1. The Morgan fingerprint density at radius 1 is 1.07 bits per heavy atom. The van der Waals surface area contributed by atoms with Gasteiger partial charge in [-0.2, -0.15) is 0 Å². The van der Waals surface area contributed by atoms with Crippen molar-refractivity contribution in [1.29, 1.82) is 0 Å². The first-order chi connectivity index (χ1) is 14.2. The van der Waals surface area contributed by atoms with Crippen molar-refractivity contribution in [3.05, 3.63) is 81.5 Å². The molecule has 1 unspecified atom stereocenters. The Hall–Kier alpha value is -2.13. The lowest BCUT2D eigenvalue weighted by Crippen LogP contribution is -2.34. The molecule has 0 radical (unpaired) electrons. The Morgan fingerprint density at radius 2 is 1.70 bits per heavy atom. The van der Waals surface area contributed by atoms with Gasteiger partial charge in [-0.25, -0.2) is 8.42 Å². The van der Waals surface area contributed by atoms with Gasteiger partial charge in [-0.15, -0.1) is 0 Å². The summed E-state index contributed by atoms with van der Waals surface area (Å²) in [5.41, 5.74) is 0.989. The third-order valence-corrected chi connectivity index (χ3v) is 6.95. The lowest BCUT2D eigenvalue weighted by Gasteiger charge is -2.25. The van der Waals surface area contributed by atoms with Crippen LogP contribution >= 0.6 is 27.5 Å². The molecular formula is C21H20BrClN2O4S. The molecule has 30 heavy (non-hydrogen) atoms. The Kier molecular flexibility index (Phi) is 7.02. The number of carbonyl (C=O) groups excluding carboxylic acids is 1. The molecule has 1 heterocycles. The molecule has 0 aliphatic heterocycles. The summed E-state index contributed by atoms with van der Waals surface area (Å²) >= 11 is 9.22. The number of nitrogens with one attached hydrogen (secondary N) is 1. The average Bonchev–Trinajstić information content (AvgIpc) is 3.21. The molecule has 0 saturated carbocycles. The van der Waals surface area contributed by atoms with Gasteiger partial charge in [0.2, 0.25) is 14.9 Å². The molecule has 0 saturated heterocycles. The molecule has 6 nitrogen and oxygen atoms in total. The molecule has 1 N–H and O–H groups in total. The molecule has 2 aromatic carbocycles. The van der Waals surface area contributed by atoms with Crippen LogP contribution in [0.3, 0.4) is 0 Å². The number of hydrogen-bond acceptors (Lipinski definition) is 5. The molecule has 0 aliphatic carbocycles. The van der Waals surface area contributed by atoms with Crippen molar-refractivity contribution in [3.8, 4) is 0 Å². The van der Waals surface area contributed by atoms with E-state index >= 15 is 0 Å². The highest BCUT2D eigenvalue weighted by Gasteiger charge is 2.24. The van der Waals surface area contributed by atoms with Crippen LogP contribution in [0.15, 0.2) is 79.5 Å². The van der Waals surface area contributed by atoms with Crippen molar-refractivity contribution in [3.63, 3.8) is 0 Å². The summed E-state index contributed by atoms with van der Waals surface area (Å²) < 4.78 is 31.5. The van der Waals surface area contributed by atoms with Crippen molar-refractivity contribution in [2.24, 2.45) is 0 Å². The minimum absolute atomic E-state index is 0.0701. The van der Waals surface area contributed by atoms with Gasteiger partial charge in [0.1, 0.15) is 0 Å². The van der Waals surface area contributed by atoms with Crippen molar-refractivity contribution < 1.29 is 17.6 Å². The predicted octanol–water partition coefficient (Wildman–Crippen LogP) is 4.56. The number of hydrogen-bond donors (Lipinski definition) is 1. The lowest BCUT2D eigenvalue weighted by atomic mass is 10.1. The standard InChI is InChI=1S/C21H20BrClN2O4S/c1-25(2)18(14-3-7-16(23)8-4-14)13-24-21(26)19-11-12-20(29-19)30(27,28)17-9-5-15(22)6-10-17/h3-12,18H,13H2,1-2H3,(H,24,26). The van der Waals surface area contributed by atoms with Crippen molar-refractivity contribution in [2.75, 3.05) is 20.6 Å². The molecule has 0 spiro atoms. The second-order valence-electron chi connectivity index (χ2n) is 6.82. The minimum Gasteiger partial charge on any atom is -0.439 e. The first-order valence-corrected chi connectivity index (χ1v) is 11.6. The Bertz CT molecular complexity index is 1130. The summed E-state index contributed by atoms with van der Waals surface area (Å²) in [7, 11) is -0.0405. The van der Waals surface area contributed by atoms with E-state index in [2.05, 4.69) is 21.2 Å². The first kappa shape index (κ1) is 22.6. The summed E-state index contributed by atoms with van der Waals surface area (Å²) in [5.74, 6) is -0.563.